The Morgan fingerprint density at radius 3 is 2.61 bits per heavy atom. The summed E-state index contributed by atoms with van der Waals surface area (Å²) in [6.45, 7) is 5.53. The van der Waals surface area contributed by atoms with E-state index in [1.54, 1.807) is 23.9 Å². The zero-order valence-corrected chi connectivity index (χ0v) is 11.0. The average Bonchev–Trinajstić information content (AvgIpc) is 2.53. The Morgan fingerprint density at radius 2 is 2.00 bits per heavy atom. The van der Waals surface area contributed by atoms with E-state index in [9.17, 15) is 9.59 Å². The maximum absolute atomic E-state index is 11.9. The van der Waals surface area contributed by atoms with E-state index in [0.717, 1.165) is 5.52 Å². The van der Waals surface area contributed by atoms with Gasteiger partial charge in [-0.3, -0.25) is 19.4 Å². The first-order chi connectivity index (χ1) is 8.29. The summed E-state index contributed by atoms with van der Waals surface area (Å²) in [5, 5.41) is 6.06. The van der Waals surface area contributed by atoms with E-state index >= 15 is 0 Å². The van der Waals surface area contributed by atoms with E-state index in [1.165, 1.54) is 0 Å². The van der Waals surface area contributed by atoms with Crippen LogP contribution < -0.4 is 10.9 Å². The number of amides is 1. The van der Waals surface area contributed by atoms with Crippen LogP contribution in [0.15, 0.2) is 23.0 Å². The number of hydrogen-bond acceptors (Lipinski definition) is 2. The number of nitrogens with one attached hydrogen (secondary N) is 2. The number of carbonyl (C=O) groups is 1. The van der Waals surface area contributed by atoms with E-state index in [2.05, 4.69) is 10.4 Å². The number of nitrogens with zero attached hydrogens (tertiary/aromatic N) is 1. The molecular weight excluding hydrogens is 230 g/mol. The van der Waals surface area contributed by atoms with Crippen molar-refractivity contribution in [3.8, 4) is 0 Å². The van der Waals surface area contributed by atoms with E-state index in [4.69, 9.17) is 0 Å². The number of carbonyl (C=O) groups excluding carboxylic acids is 1. The van der Waals surface area contributed by atoms with Crippen LogP contribution >= 0.6 is 0 Å². The van der Waals surface area contributed by atoms with Gasteiger partial charge in [0.25, 0.3) is 5.56 Å². The third-order valence-electron chi connectivity index (χ3n) is 2.81. The molecule has 1 aromatic heterocycles. The van der Waals surface area contributed by atoms with Gasteiger partial charge in [0, 0.05) is 18.2 Å². The quantitative estimate of drug-likeness (QED) is 0.807. The molecule has 0 bridgehead atoms. The van der Waals surface area contributed by atoms with Crippen LogP contribution in [0.2, 0.25) is 0 Å². The van der Waals surface area contributed by atoms with E-state index in [-0.39, 0.29) is 11.5 Å². The fourth-order valence-electron chi connectivity index (χ4n) is 1.68. The molecular formula is C13H17N3O2. The normalized spacial score (nSPS) is 11.8. The second-order valence-corrected chi connectivity index (χ2v) is 5.44. The monoisotopic (exact) mass is 247 g/mol. The molecule has 0 fully saturated rings. The summed E-state index contributed by atoms with van der Waals surface area (Å²) in [5.74, 6) is -0.0748. The minimum absolute atomic E-state index is 0.0748. The number of aromatic amines is 1. The van der Waals surface area contributed by atoms with E-state index < -0.39 is 5.41 Å². The molecule has 0 unspecified atom stereocenters. The fraction of sp³-hybridized carbons (Fsp3) is 0.385. The molecule has 5 nitrogen and oxygen atoms in total. The van der Waals surface area contributed by atoms with Crippen molar-refractivity contribution in [2.75, 3.05) is 5.32 Å². The molecule has 2 rings (SSSR count). The van der Waals surface area contributed by atoms with Gasteiger partial charge >= 0.3 is 0 Å². The summed E-state index contributed by atoms with van der Waals surface area (Å²) in [6.07, 6.45) is 0. The van der Waals surface area contributed by atoms with Gasteiger partial charge in [0.15, 0.2) is 0 Å². The van der Waals surface area contributed by atoms with E-state index in [1.807, 2.05) is 26.8 Å². The van der Waals surface area contributed by atoms with Gasteiger partial charge < -0.3 is 5.32 Å². The molecule has 0 saturated carbocycles. The van der Waals surface area contributed by atoms with Crippen LogP contribution in [0.25, 0.3) is 10.9 Å². The van der Waals surface area contributed by atoms with Gasteiger partial charge in [-0.1, -0.05) is 20.8 Å². The lowest BCUT2D eigenvalue weighted by Crippen LogP contribution is -2.27. The van der Waals surface area contributed by atoms with Crippen LogP contribution in [-0.2, 0) is 11.8 Å². The van der Waals surface area contributed by atoms with Crippen LogP contribution in [0.3, 0.4) is 0 Å². The maximum Gasteiger partial charge on any atom is 0.272 e. The minimum Gasteiger partial charge on any atom is -0.326 e. The van der Waals surface area contributed by atoms with Crippen LogP contribution in [0.5, 0.6) is 0 Å². The van der Waals surface area contributed by atoms with Gasteiger partial charge in [-0.2, -0.15) is 0 Å². The van der Waals surface area contributed by atoms with Crippen molar-refractivity contribution in [2.24, 2.45) is 12.5 Å². The van der Waals surface area contributed by atoms with Gasteiger partial charge in [0.2, 0.25) is 5.91 Å². The number of benzene rings is 1. The molecule has 0 atom stereocenters. The number of H-pyrrole nitrogens is 1. The van der Waals surface area contributed by atoms with Crippen LogP contribution in [0.1, 0.15) is 20.8 Å². The van der Waals surface area contributed by atoms with Gasteiger partial charge in [0.1, 0.15) is 0 Å². The number of hydrogen-bond donors (Lipinski definition) is 2. The zero-order valence-electron chi connectivity index (χ0n) is 11.0. The Labute approximate surface area is 105 Å². The highest BCUT2D eigenvalue weighted by Crippen LogP contribution is 2.19. The van der Waals surface area contributed by atoms with Crippen LogP contribution in [0.4, 0.5) is 5.69 Å². The zero-order chi connectivity index (χ0) is 13.5. The standard InChI is InChI=1S/C13H17N3O2/c1-13(2,3)12(18)14-8-5-6-10-9(7-8)11(17)15-16(10)4/h5-7H,1-4H3,(H,14,18)(H,15,17). The maximum atomic E-state index is 11.9. The average molecular weight is 247 g/mol. The van der Waals surface area contributed by atoms with Gasteiger partial charge in [-0.15, -0.1) is 0 Å². The molecule has 0 radical (unpaired) electrons. The summed E-state index contributed by atoms with van der Waals surface area (Å²) < 4.78 is 1.66. The van der Waals surface area contributed by atoms with Crippen LogP contribution in [0, 0.1) is 5.41 Å². The molecule has 2 N–H and O–H groups in total. The highest BCUT2D eigenvalue weighted by Gasteiger charge is 2.21. The molecule has 5 heteroatoms. The number of fused-ring (bicyclic) bond motifs is 1. The molecule has 96 valence electrons. The highest BCUT2D eigenvalue weighted by atomic mass is 16.2. The molecule has 1 amide bonds. The van der Waals surface area contributed by atoms with Crippen molar-refractivity contribution in [1.29, 1.82) is 0 Å². The predicted molar refractivity (Wildman–Crippen MR) is 71.6 cm³/mol. The third-order valence-corrected chi connectivity index (χ3v) is 2.81. The first-order valence-electron chi connectivity index (χ1n) is 5.79. The summed E-state index contributed by atoms with van der Waals surface area (Å²) in [5.41, 5.74) is 0.838. The molecule has 0 aliphatic rings. The Morgan fingerprint density at radius 1 is 1.33 bits per heavy atom. The smallest absolute Gasteiger partial charge is 0.272 e. The Balaban J connectivity index is 2.40. The molecule has 0 aliphatic carbocycles. The summed E-state index contributed by atoms with van der Waals surface area (Å²) in [7, 11) is 1.77. The SMILES string of the molecule is Cn1[nH]c(=O)c2cc(NC(=O)C(C)(C)C)ccc21. The first-order valence-corrected chi connectivity index (χ1v) is 5.79. The second-order valence-electron chi connectivity index (χ2n) is 5.44. The molecule has 0 saturated heterocycles. The lowest BCUT2D eigenvalue weighted by atomic mass is 9.95. The second kappa shape index (κ2) is 4.01. The van der Waals surface area contributed by atoms with Crippen molar-refractivity contribution in [3.63, 3.8) is 0 Å². The van der Waals surface area contributed by atoms with Gasteiger partial charge in [0.05, 0.1) is 10.9 Å². The highest BCUT2D eigenvalue weighted by molar-refractivity contribution is 5.96. The Hall–Kier alpha value is -2.04. The number of aromatic nitrogens is 2. The van der Waals surface area contributed by atoms with Crippen molar-refractivity contribution in [2.45, 2.75) is 20.8 Å². The van der Waals surface area contributed by atoms with Gasteiger partial charge in [-0.05, 0) is 18.2 Å². The van der Waals surface area contributed by atoms with Crippen molar-refractivity contribution in [3.05, 3.63) is 28.6 Å². The number of rotatable bonds is 1. The van der Waals surface area contributed by atoms with E-state index in [0.29, 0.717) is 11.1 Å². The minimum atomic E-state index is -0.460. The van der Waals surface area contributed by atoms with Crippen molar-refractivity contribution >= 4 is 22.5 Å². The molecule has 2 aromatic rings. The summed E-state index contributed by atoms with van der Waals surface area (Å²) in [4.78, 5) is 23.5. The largest absolute Gasteiger partial charge is 0.326 e. The molecule has 0 aliphatic heterocycles. The van der Waals surface area contributed by atoms with Crippen molar-refractivity contribution < 1.29 is 4.79 Å². The lowest BCUT2D eigenvalue weighted by Gasteiger charge is -2.17. The molecule has 1 aromatic carbocycles. The molecule has 1 heterocycles. The fourth-order valence-corrected chi connectivity index (χ4v) is 1.68. The number of aryl methyl sites for hydroxylation is 1. The van der Waals surface area contributed by atoms with Gasteiger partial charge in [-0.25, -0.2) is 0 Å². The summed E-state index contributed by atoms with van der Waals surface area (Å²) in [6, 6.07) is 5.29. The van der Waals surface area contributed by atoms with Crippen molar-refractivity contribution in [1.82, 2.24) is 9.78 Å². The summed E-state index contributed by atoms with van der Waals surface area (Å²) >= 11 is 0. The Bertz CT molecular complexity index is 659. The first kappa shape index (κ1) is 12.4. The third kappa shape index (κ3) is 2.16. The predicted octanol–water partition coefficient (Wildman–Crippen LogP) is 1.85. The lowest BCUT2D eigenvalue weighted by molar-refractivity contribution is -0.123. The Kier molecular flexibility index (Phi) is 2.77. The molecule has 0 spiro atoms. The number of anilines is 1. The van der Waals surface area contributed by atoms with Crippen LogP contribution in [-0.4, -0.2) is 15.7 Å². The topological polar surface area (TPSA) is 66.9 Å². The molecule has 18 heavy (non-hydrogen) atoms.